The van der Waals surface area contributed by atoms with Gasteiger partial charge in [-0.15, -0.1) is 0 Å². The van der Waals surface area contributed by atoms with Crippen molar-refractivity contribution < 1.29 is 4.74 Å². The van der Waals surface area contributed by atoms with E-state index < -0.39 is 0 Å². The second-order valence-corrected chi connectivity index (χ2v) is 4.31. The Balaban J connectivity index is 2.21. The first-order chi connectivity index (χ1) is 7.28. The minimum absolute atomic E-state index is 0.553. The summed E-state index contributed by atoms with van der Waals surface area (Å²) in [5.41, 5.74) is 0.572. The number of benzene rings is 1. The number of thiazole rings is 1. The fourth-order valence-electron chi connectivity index (χ4n) is 1.02. The van der Waals surface area contributed by atoms with Crippen LogP contribution in [0.1, 0.15) is 5.56 Å². The van der Waals surface area contributed by atoms with Crippen molar-refractivity contribution >= 4 is 27.3 Å². The lowest BCUT2D eigenvalue weighted by Crippen LogP contribution is -1.83. The molecule has 0 N–H and O–H groups in total. The van der Waals surface area contributed by atoms with Crippen molar-refractivity contribution in [2.75, 3.05) is 0 Å². The smallest absolute Gasteiger partial charge is 0.279 e. The molecule has 0 aliphatic heterocycles. The molecule has 0 atom stereocenters. The van der Waals surface area contributed by atoms with Crippen LogP contribution in [-0.4, -0.2) is 4.98 Å². The Bertz CT molecular complexity index is 518. The molecule has 0 fully saturated rings. The van der Waals surface area contributed by atoms with Gasteiger partial charge in [0.1, 0.15) is 10.4 Å². The maximum absolute atomic E-state index is 8.71. The summed E-state index contributed by atoms with van der Waals surface area (Å²) in [6.07, 6.45) is 0. The largest absolute Gasteiger partial charge is 0.431 e. The van der Waals surface area contributed by atoms with E-state index in [4.69, 9.17) is 10.00 Å². The molecule has 0 spiro atoms. The maximum atomic E-state index is 8.71. The fourth-order valence-corrected chi connectivity index (χ4v) is 2.12. The second-order valence-electron chi connectivity index (χ2n) is 2.68. The first-order valence-corrected chi connectivity index (χ1v) is 5.74. The van der Waals surface area contributed by atoms with E-state index in [0.29, 0.717) is 16.5 Å². The molecule has 0 saturated heterocycles. The fraction of sp³-hybridized carbons (Fsp3) is 0. The highest BCUT2D eigenvalue weighted by atomic mass is 79.9. The van der Waals surface area contributed by atoms with Crippen molar-refractivity contribution in [3.63, 3.8) is 0 Å². The average Bonchev–Trinajstić information content (AvgIpc) is 2.64. The molecule has 2 aromatic rings. The minimum Gasteiger partial charge on any atom is -0.431 e. The molecule has 0 unspecified atom stereocenters. The van der Waals surface area contributed by atoms with Gasteiger partial charge in [-0.2, -0.15) is 10.2 Å². The first kappa shape index (κ1) is 10.1. The monoisotopic (exact) mass is 280 g/mol. The topological polar surface area (TPSA) is 45.9 Å². The predicted octanol–water partition coefficient (Wildman–Crippen LogP) is 3.57. The zero-order valence-electron chi connectivity index (χ0n) is 7.48. The molecule has 0 bridgehead atoms. The Hall–Kier alpha value is -1.38. The molecule has 3 nitrogen and oxygen atoms in total. The number of nitrogens with zero attached hydrogens (tertiary/aromatic N) is 2. The minimum atomic E-state index is 0.553. The summed E-state index contributed by atoms with van der Waals surface area (Å²) in [4.78, 5) is 4.09. The lowest BCUT2D eigenvalue weighted by molar-refractivity contribution is 0.478. The van der Waals surface area contributed by atoms with Gasteiger partial charge in [-0.3, -0.25) is 0 Å². The van der Waals surface area contributed by atoms with Crippen LogP contribution in [-0.2, 0) is 0 Å². The summed E-state index contributed by atoms with van der Waals surface area (Å²) >= 11 is 4.64. The SMILES string of the molecule is N#Cc1cccc(Oc2nc(Br)cs2)c1. The molecule has 0 amide bonds. The predicted molar refractivity (Wildman–Crippen MR) is 61.0 cm³/mol. The van der Waals surface area contributed by atoms with Crippen LogP contribution < -0.4 is 4.74 Å². The summed E-state index contributed by atoms with van der Waals surface area (Å²) in [6.45, 7) is 0. The lowest BCUT2D eigenvalue weighted by atomic mass is 10.2. The summed E-state index contributed by atoms with van der Waals surface area (Å²) in [6, 6.07) is 9.02. The van der Waals surface area contributed by atoms with Crippen LogP contribution in [0.4, 0.5) is 0 Å². The average molecular weight is 281 g/mol. The molecule has 1 aromatic heterocycles. The van der Waals surface area contributed by atoms with Crippen LogP contribution >= 0.6 is 27.3 Å². The van der Waals surface area contributed by atoms with Gasteiger partial charge in [0.05, 0.1) is 11.6 Å². The first-order valence-electron chi connectivity index (χ1n) is 4.07. The molecule has 0 radical (unpaired) electrons. The van der Waals surface area contributed by atoms with Gasteiger partial charge in [0.15, 0.2) is 0 Å². The van der Waals surface area contributed by atoms with Crippen LogP contribution in [0.25, 0.3) is 0 Å². The Morgan fingerprint density at radius 2 is 2.33 bits per heavy atom. The molecule has 1 aromatic carbocycles. The van der Waals surface area contributed by atoms with Gasteiger partial charge in [0, 0.05) is 5.38 Å². The van der Waals surface area contributed by atoms with Gasteiger partial charge in [-0.1, -0.05) is 17.4 Å². The highest BCUT2D eigenvalue weighted by Crippen LogP contribution is 2.27. The van der Waals surface area contributed by atoms with Crippen molar-refractivity contribution in [3.05, 3.63) is 39.8 Å². The van der Waals surface area contributed by atoms with E-state index in [0.717, 1.165) is 4.60 Å². The Labute approximate surface area is 99.1 Å². The number of aromatic nitrogens is 1. The van der Waals surface area contributed by atoms with E-state index in [1.54, 1.807) is 24.3 Å². The van der Waals surface area contributed by atoms with E-state index in [9.17, 15) is 0 Å². The van der Waals surface area contributed by atoms with Gasteiger partial charge in [0.2, 0.25) is 0 Å². The second kappa shape index (κ2) is 4.43. The Morgan fingerprint density at radius 3 is 3.00 bits per heavy atom. The maximum Gasteiger partial charge on any atom is 0.279 e. The molecule has 2 rings (SSSR count). The number of hydrogen-bond acceptors (Lipinski definition) is 4. The molecule has 74 valence electrons. The normalized spacial score (nSPS) is 9.60. The number of rotatable bonds is 2. The number of nitriles is 1. The van der Waals surface area contributed by atoms with E-state index in [-0.39, 0.29) is 0 Å². The van der Waals surface area contributed by atoms with Crippen LogP contribution in [0.3, 0.4) is 0 Å². The highest BCUT2D eigenvalue weighted by Gasteiger charge is 2.02. The van der Waals surface area contributed by atoms with E-state index >= 15 is 0 Å². The number of ether oxygens (including phenoxy) is 1. The van der Waals surface area contributed by atoms with Gasteiger partial charge in [-0.05, 0) is 34.1 Å². The Morgan fingerprint density at radius 1 is 1.47 bits per heavy atom. The molecule has 0 aliphatic rings. The third kappa shape index (κ3) is 2.55. The highest BCUT2D eigenvalue weighted by molar-refractivity contribution is 9.10. The van der Waals surface area contributed by atoms with Gasteiger partial charge in [-0.25, -0.2) is 0 Å². The Kier molecular flexibility index (Phi) is 2.99. The van der Waals surface area contributed by atoms with Crippen LogP contribution in [0.15, 0.2) is 34.2 Å². The van der Waals surface area contributed by atoms with Crippen molar-refractivity contribution in [2.24, 2.45) is 0 Å². The summed E-state index contributed by atoms with van der Waals surface area (Å²) in [5.74, 6) is 0.621. The zero-order valence-corrected chi connectivity index (χ0v) is 9.88. The number of hydrogen-bond donors (Lipinski definition) is 0. The molecule has 15 heavy (non-hydrogen) atoms. The molecular weight excluding hydrogens is 276 g/mol. The van der Waals surface area contributed by atoms with Crippen LogP contribution in [0, 0.1) is 11.3 Å². The van der Waals surface area contributed by atoms with Gasteiger partial charge < -0.3 is 4.74 Å². The zero-order chi connectivity index (χ0) is 10.7. The quantitative estimate of drug-likeness (QED) is 0.845. The lowest BCUT2D eigenvalue weighted by Gasteiger charge is -2.00. The third-order valence-corrected chi connectivity index (χ3v) is 3.05. The number of halogens is 1. The standard InChI is InChI=1S/C10H5BrN2OS/c11-9-6-15-10(13-9)14-8-3-1-2-7(4-8)5-12/h1-4,6H. The van der Waals surface area contributed by atoms with Crippen LogP contribution in [0.2, 0.25) is 0 Å². The van der Waals surface area contributed by atoms with Crippen molar-refractivity contribution in [3.8, 4) is 17.0 Å². The molecule has 5 heteroatoms. The molecule has 1 heterocycles. The van der Waals surface area contributed by atoms with E-state index in [2.05, 4.69) is 27.0 Å². The molecule has 0 aliphatic carbocycles. The summed E-state index contributed by atoms with van der Waals surface area (Å²) in [7, 11) is 0. The van der Waals surface area contributed by atoms with Crippen molar-refractivity contribution in [1.82, 2.24) is 4.98 Å². The van der Waals surface area contributed by atoms with E-state index in [1.807, 2.05) is 5.38 Å². The summed E-state index contributed by atoms with van der Waals surface area (Å²) in [5, 5.41) is 11.1. The van der Waals surface area contributed by atoms with Crippen LogP contribution in [0.5, 0.6) is 10.9 Å². The van der Waals surface area contributed by atoms with Crippen molar-refractivity contribution in [1.29, 1.82) is 5.26 Å². The molecule has 0 saturated carbocycles. The van der Waals surface area contributed by atoms with Gasteiger partial charge in [0.25, 0.3) is 5.19 Å². The van der Waals surface area contributed by atoms with Gasteiger partial charge >= 0.3 is 0 Å². The third-order valence-electron chi connectivity index (χ3n) is 1.62. The molecular formula is C10H5BrN2OS. The van der Waals surface area contributed by atoms with E-state index in [1.165, 1.54) is 11.3 Å². The summed E-state index contributed by atoms with van der Waals surface area (Å²) < 4.78 is 6.22. The van der Waals surface area contributed by atoms with Crippen molar-refractivity contribution in [2.45, 2.75) is 0 Å².